The highest BCUT2D eigenvalue weighted by Crippen LogP contribution is 2.31. The number of aromatic nitrogens is 2. The van der Waals surface area contributed by atoms with Gasteiger partial charge in [-0.05, 0) is 28.8 Å². The van der Waals surface area contributed by atoms with Crippen molar-refractivity contribution in [1.29, 1.82) is 0 Å². The third kappa shape index (κ3) is 1.20. The van der Waals surface area contributed by atoms with E-state index in [9.17, 15) is 5.11 Å². The van der Waals surface area contributed by atoms with Crippen LogP contribution in [0.15, 0.2) is 16.9 Å². The molecule has 4 heteroatoms. The van der Waals surface area contributed by atoms with Gasteiger partial charge in [0.2, 0.25) is 0 Å². The minimum absolute atomic E-state index is 0.193. The Bertz CT molecular complexity index is 261. The van der Waals surface area contributed by atoms with Crippen LogP contribution in [0, 0.1) is 0 Å². The summed E-state index contributed by atoms with van der Waals surface area (Å²) in [6.07, 6.45) is 5.39. The molecule has 0 radical (unpaired) electrons. The topological polar surface area (TPSA) is 38.0 Å². The largest absolute Gasteiger partial charge is 0.391 e. The maximum Gasteiger partial charge on any atom is 0.0779 e. The molecule has 1 aliphatic carbocycles. The molecule has 11 heavy (non-hydrogen) atoms. The van der Waals surface area contributed by atoms with Crippen molar-refractivity contribution in [3.05, 3.63) is 16.9 Å². The summed E-state index contributed by atoms with van der Waals surface area (Å²) in [7, 11) is 0. The average molecular weight is 217 g/mol. The molecule has 0 aliphatic heterocycles. The zero-order valence-electron chi connectivity index (χ0n) is 5.94. The van der Waals surface area contributed by atoms with E-state index in [1.807, 2.05) is 10.9 Å². The molecule has 0 saturated heterocycles. The summed E-state index contributed by atoms with van der Waals surface area (Å²) in [5, 5.41) is 13.4. The van der Waals surface area contributed by atoms with Crippen molar-refractivity contribution in [2.75, 3.05) is 0 Å². The van der Waals surface area contributed by atoms with E-state index < -0.39 is 0 Å². The lowest BCUT2D eigenvalue weighted by Crippen LogP contribution is -2.33. The van der Waals surface area contributed by atoms with Crippen molar-refractivity contribution in [3.8, 4) is 0 Å². The maximum atomic E-state index is 9.29. The molecule has 1 N–H and O–H groups in total. The van der Waals surface area contributed by atoms with E-state index in [0.29, 0.717) is 0 Å². The predicted octanol–water partition coefficient (Wildman–Crippen LogP) is 1.34. The molecule has 0 aromatic carbocycles. The molecule has 60 valence electrons. The van der Waals surface area contributed by atoms with Gasteiger partial charge in [0.25, 0.3) is 0 Å². The fourth-order valence-corrected chi connectivity index (χ4v) is 1.57. The maximum absolute atomic E-state index is 9.29. The smallest absolute Gasteiger partial charge is 0.0779 e. The van der Waals surface area contributed by atoms with Gasteiger partial charge < -0.3 is 5.11 Å². The van der Waals surface area contributed by atoms with Gasteiger partial charge in [0.05, 0.1) is 22.8 Å². The highest BCUT2D eigenvalue weighted by molar-refractivity contribution is 9.10. The van der Waals surface area contributed by atoms with Gasteiger partial charge in [-0.2, -0.15) is 5.10 Å². The molecule has 0 spiro atoms. The normalized spacial score (nSPS) is 30.0. The molecule has 1 fully saturated rings. The summed E-state index contributed by atoms with van der Waals surface area (Å²) in [6, 6.07) is 0.210. The van der Waals surface area contributed by atoms with E-state index >= 15 is 0 Å². The molecule has 3 nitrogen and oxygen atoms in total. The average Bonchev–Trinajstić information content (AvgIpc) is 2.33. The third-order valence-electron chi connectivity index (χ3n) is 2.11. The monoisotopic (exact) mass is 216 g/mol. The second kappa shape index (κ2) is 2.60. The van der Waals surface area contributed by atoms with Crippen molar-refractivity contribution in [3.63, 3.8) is 0 Å². The van der Waals surface area contributed by atoms with E-state index in [0.717, 1.165) is 17.3 Å². The van der Waals surface area contributed by atoms with Crippen LogP contribution in [0.3, 0.4) is 0 Å². The van der Waals surface area contributed by atoms with E-state index in [1.54, 1.807) is 6.20 Å². The van der Waals surface area contributed by atoms with Crippen LogP contribution < -0.4 is 0 Å². The number of aliphatic hydroxyl groups excluding tert-OH is 1. The Morgan fingerprint density at radius 1 is 1.64 bits per heavy atom. The van der Waals surface area contributed by atoms with Crippen molar-refractivity contribution < 1.29 is 5.11 Å². The van der Waals surface area contributed by atoms with Crippen LogP contribution >= 0.6 is 15.9 Å². The van der Waals surface area contributed by atoms with Crippen LogP contribution in [0.5, 0.6) is 0 Å². The van der Waals surface area contributed by atoms with Crippen LogP contribution in [0.25, 0.3) is 0 Å². The van der Waals surface area contributed by atoms with Gasteiger partial charge in [-0.25, -0.2) is 0 Å². The Balaban J connectivity index is 2.16. The minimum Gasteiger partial charge on any atom is -0.391 e. The number of rotatable bonds is 1. The summed E-state index contributed by atoms with van der Waals surface area (Å²) in [5.41, 5.74) is 0. The number of halogens is 1. The Morgan fingerprint density at radius 3 is 2.82 bits per heavy atom. The van der Waals surface area contributed by atoms with Gasteiger partial charge in [-0.3, -0.25) is 4.68 Å². The zero-order valence-corrected chi connectivity index (χ0v) is 7.53. The number of hydrogen-bond donors (Lipinski definition) is 1. The number of aliphatic hydroxyl groups is 1. The first-order chi connectivity index (χ1) is 5.27. The van der Waals surface area contributed by atoms with Crippen LogP contribution in [0.2, 0.25) is 0 Å². The van der Waals surface area contributed by atoms with Gasteiger partial charge in [-0.1, -0.05) is 0 Å². The first-order valence-electron chi connectivity index (χ1n) is 3.65. The third-order valence-corrected chi connectivity index (χ3v) is 2.52. The van der Waals surface area contributed by atoms with Gasteiger partial charge in [0.1, 0.15) is 0 Å². The van der Waals surface area contributed by atoms with Crippen LogP contribution in [-0.4, -0.2) is 21.0 Å². The Kier molecular flexibility index (Phi) is 1.73. The fourth-order valence-electron chi connectivity index (χ4n) is 1.27. The van der Waals surface area contributed by atoms with E-state index in [-0.39, 0.29) is 12.1 Å². The van der Waals surface area contributed by atoms with Crippen LogP contribution in [0.1, 0.15) is 18.9 Å². The summed E-state index contributed by atoms with van der Waals surface area (Å²) < 4.78 is 2.79. The number of nitrogens with zero attached hydrogens (tertiary/aromatic N) is 2. The summed E-state index contributed by atoms with van der Waals surface area (Å²) in [6.45, 7) is 0. The Labute approximate surface area is 73.2 Å². The molecule has 1 aromatic heterocycles. The molecule has 0 amide bonds. The first kappa shape index (κ1) is 7.31. The standard InChI is InChI=1S/C7H9BrN2O/c8-5-3-9-10(4-5)6-1-2-7(6)11/h3-4,6-7,11H,1-2H2/t6-,7-/m1/s1. The molecule has 1 aromatic rings. The highest BCUT2D eigenvalue weighted by Gasteiger charge is 2.30. The summed E-state index contributed by atoms with van der Waals surface area (Å²) >= 11 is 3.31. The Hall–Kier alpha value is -0.350. The van der Waals surface area contributed by atoms with Gasteiger partial charge in [0, 0.05) is 6.20 Å². The second-order valence-electron chi connectivity index (χ2n) is 2.85. The van der Waals surface area contributed by atoms with Crippen LogP contribution in [-0.2, 0) is 0 Å². The van der Waals surface area contributed by atoms with Gasteiger partial charge in [-0.15, -0.1) is 0 Å². The minimum atomic E-state index is -0.193. The lowest BCUT2D eigenvalue weighted by molar-refractivity contribution is 0.0253. The fraction of sp³-hybridized carbons (Fsp3) is 0.571. The summed E-state index contributed by atoms with van der Waals surface area (Å²) in [4.78, 5) is 0. The summed E-state index contributed by atoms with van der Waals surface area (Å²) in [5.74, 6) is 0. The molecule has 0 bridgehead atoms. The second-order valence-corrected chi connectivity index (χ2v) is 3.77. The predicted molar refractivity (Wildman–Crippen MR) is 44.2 cm³/mol. The highest BCUT2D eigenvalue weighted by atomic mass is 79.9. The SMILES string of the molecule is O[C@@H]1CC[C@H]1n1cc(Br)cn1. The molecule has 2 atom stereocenters. The lowest BCUT2D eigenvalue weighted by Gasteiger charge is -2.32. The lowest BCUT2D eigenvalue weighted by atomic mass is 9.89. The molecule has 1 aliphatic rings. The Morgan fingerprint density at radius 2 is 2.45 bits per heavy atom. The first-order valence-corrected chi connectivity index (χ1v) is 4.44. The molecule has 2 rings (SSSR count). The van der Waals surface area contributed by atoms with Gasteiger partial charge in [0.15, 0.2) is 0 Å². The quantitative estimate of drug-likeness (QED) is 0.770. The van der Waals surface area contributed by atoms with E-state index in [1.165, 1.54) is 0 Å². The molecular weight excluding hydrogens is 208 g/mol. The van der Waals surface area contributed by atoms with E-state index in [2.05, 4.69) is 21.0 Å². The molecule has 0 unspecified atom stereocenters. The zero-order chi connectivity index (χ0) is 7.84. The molecular formula is C7H9BrN2O. The molecule has 1 heterocycles. The van der Waals surface area contributed by atoms with E-state index in [4.69, 9.17) is 0 Å². The van der Waals surface area contributed by atoms with Crippen molar-refractivity contribution in [2.45, 2.75) is 25.0 Å². The number of hydrogen-bond acceptors (Lipinski definition) is 2. The van der Waals surface area contributed by atoms with Crippen molar-refractivity contribution >= 4 is 15.9 Å². The molecule has 1 saturated carbocycles. The van der Waals surface area contributed by atoms with Crippen LogP contribution in [0.4, 0.5) is 0 Å². The van der Waals surface area contributed by atoms with Gasteiger partial charge >= 0.3 is 0 Å². The van der Waals surface area contributed by atoms with Crippen molar-refractivity contribution in [1.82, 2.24) is 9.78 Å². The van der Waals surface area contributed by atoms with Crippen molar-refractivity contribution in [2.24, 2.45) is 0 Å².